The summed E-state index contributed by atoms with van der Waals surface area (Å²) in [5.74, 6) is -0.0606. The summed E-state index contributed by atoms with van der Waals surface area (Å²) in [7, 11) is 0. The number of carbonyl (C=O) groups is 3. The van der Waals surface area contributed by atoms with Crippen LogP contribution in [0.2, 0.25) is 0 Å². The van der Waals surface area contributed by atoms with Gasteiger partial charge in [-0.15, -0.1) is 0 Å². The number of ketones is 1. The fourth-order valence-electron chi connectivity index (χ4n) is 11.0. The molecular formula is C70H112O5. The zero-order chi connectivity index (χ0) is 55.4. The molecule has 0 heterocycles. The van der Waals surface area contributed by atoms with Gasteiger partial charge in [0.05, 0.1) is 0 Å². The molecule has 0 N–H and O–H groups in total. The highest BCUT2D eigenvalue weighted by atomic mass is 16.5. The lowest BCUT2D eigenvalue weighted by molar-refractivity contribution is -0.151. The second-order valence-electron chi connectivity index (χ2n) is 24.4. The van der Waals surface area contributed by atoms with Gasteiger partial charge in [0, 0.05) is 24.7 Å². The van der Waals surface area contributed by atoms with Gasteiger partial charge in [0.1, 0.15) is 12.2 Å². The summed E-state index contributed by atoms with van der Waals surface area (Å²) in [4.78, 5) is 39.2. The van der Waals surface area contributed by atoms with Crippen molar-refractivity contribution in [1.29, 1.82) is 0 Å². The number of hydrogen-bond acceptors (Lipinski definition) is 5. The summed E-state index contributed by atoms with van der Waals surface area (Å²) in [6.45, 7) is 25.9. The van der Waals surface area contributed by atoms with Gasteiger partial charge >= 0.3 is 11.9 Å². The van der Waals surface area contributed by atoms with E-state index in [9.17, 15) is 14.4 Å². The number of hydrogen-bond donors (Lipinski definition) is 0. The molecule has 0 spiro atoms. The quantitative estimate of drug-likeness (QED) is 0.0266. The van der Waals surface area contributed by atoms with Crippen LogP contribution in [-0.4, -0.2) is 29.9 Å². The Morgan fingerprint density at radius 2 is 0.827 bits per heavy atom. The third-order valence-electron chi connectivity index (χ3n) is 16.2. The summed E-state index contributed by atoms with van der Waals surface area (Å²) < 4.78 is 12.0. The van der Waals surface area contributed by atoms with E-state index in [1.54, 1.807) is 6.08 Å². The van der Waals surface area contributed by atoms with E-state index in [0.29, 0.717) is 25.7 Å². The van der Waals surface area contributed by atoms with Crippen molar-refractivity contribution in [3.05, 3.63) is 119 Å². The first-order valence-corrected chi connectivity index (χ1v) is 30.5. The molecule has 0 aliphatic heterocycles. The van der Waals surface area contributed by atoms with E-state index in [2.05, 4.69) is 130 Å². The Kier molecular flexibility index (Phi) is 34.5. The van der Waals surface area contributed by atoms with Gasteiger partial charge < -0.3 is 9.47 Å². The Bertz CT molecular complexity index is 1990. The van der Waals surface area contributed by atoms with Crippen LogP contribution >= 0.6 is 0 Å². The molecule has 0 amide bonds. The summed E-state index contributed by atoms with van der Waals surface area (Å²) in [5, 5.41) is 0. The molecule has 5 nitrogen and oxygen atoms in total. The lowest BCUT2D eigenvalue weighted by Gasteiger charge is -2.37. The standard InChI is InChI=1S/C70H112O5/c1-13-15-17-19-21-23-25-26-28-30-32-34-36-48-67(73)75-63-55-69(10,11)70(12,56-63)65(71)52-50-60(6)46-40-44-58(4)42-38-37-41-57(3)43-39-45-59(5)49-51-64-61(7)53-62(54-68(64,8)9)74-66(72)47-35-33-31-29-27-24-22-20-18-16-14-2/h37-46,49-52,62-63H,13-36,47-48,53-56H2,1-12H3/b38-37+,43-39+,44-40+,51-49+,52-50+,57-41+,58-42+,59-45+,60-46+/t62-,63+,70+/m1/s1. The van der Waals surface area contributed by atoms with Gasteiger partial charge in [-0.1, -0.05) is 297 Å². The fourth-order valence-corrected chi connectivity index (χ4v) is 11.0. The number of ether oxygens (including phenoxy) is 2. The third kappa shape index (κ3) is 29.4. The molecule has 0 bridgehead atoms. The van der Waals surface area contributed by atoms with Crippen molar-refractivity contribution < 1.29 is 23.9 Å². The van der Waals surface area contributed by atoms with E-state index in [4.69, 9.17) is 9.47 Å². The molecule has 3 atom stereocenters. The molecule has 2 aliphatic carbocycles. The lowest BCUT2D eigenvalue weighted by atomic mass is 9.66. The highest BCUT2D eigenvalue weighted by Crippen LogP contribution is 2.54. The van der Waals surface area contributed by atoms with Crippen molar-refractivity contribution >= 4 is 17.7 Å². The molecule has 75 heavy (non-hydrogen) atoms. The zero-order valence-electron chi connectivity index (χ0n) is 50.5. The van der Waals surface area contributed by atoms with Gasteiger partial charge in [-0.25, -0.2) is 0 Å². The van der Waals surface area contributed by atoms with Gasteiger partial charge in [-0.3, -0.25) is 14.4 Å². The van der Waals surface area contributed by atoms with Crippen molar-refractivity contribution in [2.75, 3.05) is 0 Å². The van der Waals surface area contributed by atoms with Crippen LogP contribution in [0.3, 0.4) is 0 Å². The van der Waals surface area contributed by atoms with Gasteiger partial charge in [0.15, 0.2) is 5.78 Å². The highest BCUT2D eigenvalue weighted by Gasteiger charge is 2.54. The van der Waals surface area contributed by atoms with Crippen LogP contribution in [0.15, 0.2) is 119 Å². The zero-order valence-corrected chi connectivity index (χ0v) is 50.5. The number of carbonyl (C=O) groups excluding carboxylic acids is 3. The summed E-state index contributed by atoms with van der Waals surface area (Å²) in [6.07, 6.45) is 63.2. The minimum atomic E-state index is -0.594. The van der Waals surface area contributed by atoms with Crippen LogP contribution in [0.25, 0.3) is 0 Å². The molecule has 0 aromatic rings. The van der Waals surface area contributed by atoms with Gasteiger partial charge in [0.2, 0.25) is 0 Å². The number of allylic oxidation sites excluding steroid dienone is 19. The van der Waals surface area contributed by atoms with E-state index in [-0.39, 0.29) is 40.8 Å². The van der Waals surface area contributed by atoms with Crippen LogP contribution in [0.5, 0.6) is 0 Å². The molecule has 5 heteroatoms. The molecule has 0 radical (unpaired) electrons. The van der Waals surface area contributed by atoms with Crippen molar-refractivity contribution in [3.8, 4) is 0 Å². The van der Waals surface area contributed by atoms with Crippen LogP contribution in [0.1, 0.15) is 276 Å². The van der Waals surface area contributed by atoms with Gasteiger partial charge in [-0.2, -0.15) is 0 Å². The van der Waals surface area contributed by atoms with E-state index >= 15 is 0 Å². The Morgan fingerprint density at radius 3 is 1.25 bits per heavy atom. The smallest absolute Gasteiger partial charge is 0.306 e. The van der Waals surface area contributed by atoms with E-state index in [0.717, 1.165) is 55.2 Å². The molecule has 0 unspecified atom stereocenters. The van der Waals surface area contributed by atoms with Crippen LogP contribution in [-0.2, 0) is 23.9 Å². The molecule has 2 aliphatic rings. The van der Waals surface area contributed by atoms with Crippen LogP contribution in [0.4, 0.5) is 0 Å². The Labute approximate surface area is 462 Å². The minimum Gasteiger partial charge on any atom is -0.462 e. The Hall–Kier alpha value is -3.99. The topological polar surface area (TPSA) is 69.7 Å². The van der Waals surface area contributed by atoms with Crippen molar-refractivity contribution in [3.63, 3.8) is 0 Å². The average Bonchev–Trinajstić information content (AvgIpc) is 3.58. The normalized spacial score (nSPS) is 20.8. The summed E-state index contributed by atoms with van der Waals surface area (Å²) in [5.41, 5.74) is 6.16. The third-order valence-corrected chi connectivity index (χ3v) is 16.2. The maximum Gasteiger partial charge on any atom is 0.306 e. The van der Waals surface area contributed by atoms with Crippen molar-refractivity contribution in [2.45, 2.75) is 288 Å². The van der Waals surface area contributed by atoms with Crippen molar-refractivity contribution in [2.24, 2.45) is 16.2 Å². The Morgan fingerprint density at radius 1 is 0.453 bits per heavy atom. The van der Waals surface area contributed by atoms with Crippen LogP contribution < -0.4 is 0 Å². The summed E-state index contributed by atoms with van der Waals surface area (Å²) in [6, 6.07) is 0. The largest absolute Gasteiger partial charge is 0.462 e. The molecular weight excluding hydrogens is 921 g/mol. The first-order chi connectivity index (χ1) is 35.8. The molecule has 1 fully saturated rings. The number of esters is 2. The first kappa shape index (κ1) is 67.1. The maximum absolute atomic E-state index is 13.7. The highest BCUT2D eigenvalue weighted by molar-refractivity contribution is 5.96. The maximum atomic E-state index is 13.7. The summed E-state index contributed by atoms with van der Waals surface area (Å²) >= 11 is 0. The SMILES string of the molecule is CCCCCCCCCCCCCCCC(=O)O[C@H]1CC(C)(C)[C@](C)(C(=O)/C=C/C(C)=C/C=C/C(C)=C/C=C/C=C(C)/C=C/C=C(C)/C=C/C2=C(C)C[C@@H](OC(=O)CCCCCCCCCCCCC)CC2(C)C)C1. The van der Waals surface area contributed by atoms with Gasteiger partial charge in [0.25, 0.3) is 0 Å². The lowest BCUT2D eigenvalue weighted by Crippen LogP contribution is -2.36. The molecule has 422 valence electrons. The van der Waals surface area contributed by atoms with Crippen LogP contribution in [0, 0.1) is 16.2 Å². The van der Waals surface area contributed by atoms with Crippen molar-refractivity contribution in [1.82, 2.24) is 0 Å². The number of unbranched alkanes of at least 4 members (excludes halogenated alkanes) is 22. The van der Waals surface area contributed by atoms with E-state index in [1.807, 2.05) is 32.1 Å². The second kappa shape index (κ2) is 38.5. The first-order valence-electron chi connectivity index (χ1n) is 30.5. The fraction of sp³-hybridized carbons (Fsp3) is 0.671. The monoisotopic (exact) mass is 1030 g/mol. The predicted octanol–water partition coefficient (Wildman–Crippen LogP) is 21.1. The molecule has 0 aromatic heterocycles. The molecule has 2 rings (SSSR count). The predicted molar refractivity (Wildman–Crippen MR) is 324 cm³/mol. The minimum absolute atomic E-state index is 0.0345. The second-order valence-corrected chi connectivity index (χ2v) is 24.4. The van der Waals surface area contributed by atoms with Gasteiger partial charge in [-0.05, 0) is 89.2 Å². The van der Waals surface area contributed by atoms with E-state index in [1.165, 1.54) is 145 Å². The molecule has 0 aromatic carbocycles. The molecule has 0 saturated heterocycles. The van der Waals surface area contributed by atoms with E-state index < -0.39 is 5.41 Å². The number of rotatable bonds is 39. The Balaban J connectivity index is 1.75. The molecule has 1 saturated carbocycles. The average molecular weight is 1030 g/mol.